The number of anilines is 1. The molecule has 5 nitrogen and oxygen atoms in total. The Hall–Kier alpha value is -3.38. The molecule has 0 aliphatic carbocycles. The largest absolute Gasteiger partial charge is 0.494 e. The van der Waals surface area contributed by atoms with Crippen molar-refractivity contribution in [2.45, 2.75) is 6.92 Å². The van der Waals surface area contributed by atoms with Crippen molar-refractivity contribution < 1.29 is 13.9 Å². The van der Waals surface area contributed by atoms with Crippen LogP contribution in [0.25, 0.3) is 22.8 Å². The fourth-order valence-electron chi connectivity index (χ4n) is 3.04. The maximum Gasteiger partial charge on any atom is 0.256 e. The van der Waals surface area contributed by atoms with Gasteiger partial charge < -0.3 is 14.5 Å². The molecule has 0 atom stereocenters. The van der Waals surface area contributed by atoms with Crippen molar-refractivity contribution >= 4 is 27.5 Å². The Balaban J connectivity index is 1.59. The van der Waals surface area contributed by atoms with E-state index in [0.717, 1.165) is 15.8 Å². The van der Waals surface area contributed by atoms with Gasteiger partial charge in [-0.1, -0.05) is 40.2 Å². The van der Waals surface area contributed by atoms with E-state index in [-0.39, 0.29) is 5.91 Å². The predicted molar refractivity (Wildman–Crippen MR) is 121 cm³/mol. The first kappa shape index (κ1) is 19.9. The van der Waals surface area contributed by atoms with Gasteiger partial charge in [0.25, 0.3) is 5.91 Å². The lowest BCUT2D eigenvalue weighted by molar-refractivity contribution is 0.102. The molecular formula is C24H19BrN2O3. The number of nitrogens with zero attached hydrogens (tertiary/aromatic N) is 1. The second-order valence-corrected chi connectivity index (χ2v) is 7.41. The summed E-state index contributed by atoms with van der Waals surface area (Å²) < 4.78 is 12.4. The van der Waals surface area contributed by atoms with Crippen LogP contribution in [-0.4, -0.2) is 17.5 Å². The molecule has 0 fully saturated rings. The smallest absolute Gasteiger partial charge is 0.256 e. The molecule has 0 unspecified atom stereocenters. The lowest BCUT2D eigenvalue weighted by Crippen LogP contribution is -2.13. The molecular weight excluding hydrogens is 444 g/mol. The third-order valence-electron chi connectivity index (χ3n) is 4.44. The second-order valence-electron chi connectivity index (χ2n) is 6.50. The number of carbonyl (C=O) groups excluding carboxylic acids is 1. The minimum Gasteiger partial charge on any atom is -0.494 e. The van der Waals surface area contributed by atoms with Crippen molar-refractivity contribution in [2.24, 2.45) is 0 Å². The van der Waals surface area contributed by atoms with Crippen LogP contribution in [-0.2, 0) is 0 Å². The molecule has 0 aliphatic heterocycles. The summed E-state index contributed by atoms with van der Waals surface area (Å²) in [6, 6.07) is 22.3. The van der Waals surface area contributed by atoms with Crippen LogP contribution in [0.1, 0.15) is 17.3 Å². The highest BCUT2D eigenvalue weighted by Crippen LogP contribution is 2.30. The second kappa shape index (κ2) is 8.97. The van der Waals surface area contributed by atoms with Crippen molar-refractivity contribution in [1.29, 1.82) is 0 Å². The first-order valence-electron chi connectivity index (χ1n) is 9.49. The van der Waals surface area contributed by atoms with Crippen LogP contribution in [0.15, 0.2) is 87.9 Å². The third-order valence-corrected chi connectivity index (χ3v) is 4.93. The minimum absolute atomic E-state index is 0.239. The first-order chi connectivity index (χ1) is 14.6. The molecule has 4 aromatic rings. The van der Waals surface area contributed by atoms with Gasteiger partial charge in [-0.25, -0.2) is 4.98 Å². The Labute approximate surface area is 182 Å². The van der Waals surface area contributed by atoms with E-state index in [2.05, 4.69) is 26.2 Å². The number of hydrogen-bond donors (Lipinski definition) is 1. The fourth-order valence-corrected chi connectivity index (χ4v) is 3.44. The molecule has 30 heavy (non-hydrogen) atoms. The van der Waals surface area contributed by atoms with Crippen molar-refractivity contribution in [1.82, 2.24) is 4.98 Å². The Bertz CT molecular complexity index is 1170. The molecule has 0 aliphatic rings. The summed E-state index contributed by atoms with van der Waals surface area (Å²) in [6.45, 7) is 2.52. The van der Waals surface area contributed by atoms with Crippen molar-refractivity contribution in [3.05, 3.63) is 89.0 Å². The summed E-state index contributed by atoms with van der Waals surface area (Å²) in [6.07, 6.45) is 1.66. The molecule has 1 N–H and O–H groups in total. The highest BCUT2D eigenvalue weighted by Gasteiger charge is 2.17. The Morgan fingerprint density at radius 1 is 1.07 bits per heavy atom. The Morgan fingerprint density at radius 3 is 2.63 bits per heavy atom. The van der Waals surface area contributed by atoms with Crippen LogP contribution in [0.3, 0.4) is 0 Å². The van der Waals surface area contributed by atoms with Crippen LogP contribution in [0.5, 0.6) is 5.75 Å². The average molecular weight is 463 g/mol. The molecule has 1 amide bonds. The number of oxazole rings is 1. The molecule has 3 aromatic carbocycles. The number of rotatable bonds is 6. The molecule has 0 radical (unpaired) electrons. The molecule has 1 aromatic heterocycles. The van der Waals surface area contributed by atoms with Crippen LogP contribution < -0.4 is 10.1 Å². The van der Waals surface area contributed by atoms with Gasteiger partial charge in [-0.2, -0.15) is 0 Å². The molecule has 6 heteroatoms. The molecule has 0 saturated heterocycles. The normalized spacial score (nSPS) is 10.6. The fraction of sp³-hybridized carbons (Fsp3) is 0.0833. The third kappa shape index (κ3) is 4.44. The number of amides is 1. The quantitative estimate of drug-likeness (QED) is 0.358. The van der Waals surface area contributed by atoms with E-state index in [1.54, 1.807) is 12.3 Å². The van der Waals surface area contributed by atoms with Gasteiger partial charge in [0, 0.05) is 21.3 Å². The van der Waals surface area contributed by atoms with E-state index < -0.39 is 0 Å². The van der Waals surface area contributed by atoms with E-state index in [1.165, 1.54) is 0 Å². The molecule has 1 heterocycles. The molecule has 150 valence electrons. The standard InChI is InChI=1S/C24H19BrN2O3/c1-2-29-19-12-10-18(11-13-19)27-23(28)20-8-3-4-9-21(20)24-26-15-22(30-24)16-6-5-7-17(25)14-16/h3-15H,2H2,1H3,(H,27,28). The summed E-state index contributed by atoms with van der Waals surface area (Å²) in [7, 11) is 0. The average Bonchev–Trinajstić information content (AvgIpc) is 3.25. The summed E-state index contributed by atoms with van der Waals surface area (Å²) in [5.74, 6) is 1.54. The van der Waals surface area contributed by atoms with E-state index in [4.69, 9.17) is 9.15 Å². The number of hydrogen-bond acceptors (Lipinski definition) is 4. The van der Waals surface area contributed by atoms with E-state index in [1.807, 2.05) is 73.7 Å². The van der Waals surface area contributed by atoms with Gasteiger partial charge >= 0.3 is 0 Å². The highest BCUT2D eigenvalue weighted by atomic mass is 79.9. The lowest BCUT2D eigenvalue weighted by atomic mass is 10.1. The van der Waals surface area contributed by atoms with Gasteiger partial charge in [0.05, 0.1) is 18.4 Å². The SMILES string of the molecule is CCOc1ccc(NC(=O)c2ccccc2-c2ncc(-c3cccc(Br)c3)o2)cc1. The van der Waals surface area contributed by atoms with Gasteiger partial charge in [0.1, 0.15) is 5.75 Å². The van der Waals surface area contributed by atoms with Gasteiger partial charge in [0.15, 0.2) is 5.76 Å². The topological polar surface area (TPSA) is 64.4 Å². The summed E-state index contributed by atoms with van der Waals surface area (Å²) in [4.78, 5) is 17.3. The zero-order valence-corrected chi connectivity index (χ0v) is 17.8. The van der Waals surface area contributed by atoms with E-state index in [9.17, 15) is 4.79 Å². The van der Waals surface area contributed by atoms with E-state index in [0.29, 0.717) is 35.1 Å². The number of ether oxygens (including phenoxy) is 1. The summed E-state index contributed by atoms with van der Waals surface area (Å²) >= 11 is 3.46. The Kier molecular flexibility index (Phi) is 5.95. The zero-order valence-electron chi connectivity index (χ0n) is 16.3. The number of benzene rings is 3. The van der Waals surface area contributed by atoms with Gasteiger partial charge in [-0.15, -0.1) is 0 Å². The number of carbonyl (C=O) groups is 1. The number of aromatic nitrogens is 1. The van der Waals surface area contributed by atoms with Crippen LogP contribution in [0, 0.1) is 0 Å². The minimum atomic E-state index is -0.239. The maximum absolute atomic E-state index is 12.9. The number of nitrogens with one attached hydrogen (secondary N) is 1. The van der Waals surface area contributed by atoms with Crippen molar-refractivity contribution in [3.8, 4) is 28.5 Å². The van der Waals surface area contributed by atoms with Crippen LogP contribution in [0.4, 0.5) is 5.69 Å². The maximum atomic E-state index is 12.9. The van der Waals surface area contributed by atoms with Crippen LogP contribution >= 0.6 is 15.9 Å². The monoisotopic (exact) mass is 462 g/mol. The Morgan fingerprint density at radius 2 is 1.87 bits per heavy atom. The molecule has 0 saturated carbocycles. The molecule has 4 rings (SSSR count). The summed E-state index contributed by atoms with van der Waals surface area (Å²) in [5.41, 5.74) is 2.69. The van der Waals surface area contributed by atoms with Gasteiger partial charge in [0.2, 0.25) is 5.89 Å². The van der Waals surface area contributed by atoms with E-state index >= 15 is 0 Å². The predicted octanol–water partition coefficient (Wildman–Crippen LogP) is 6.42. The van der Waals surface area contributed by atoms with Crippen LogP contribution in [0.2, 0.25) is 0 Å². The lowest BCUT2D eigenvalue weighted by Gasteiger charge is -2.09. The highest BCUT2D eigenvalue weighted by molar-refractivity contribution is 9.10. The molecule has 0 bridgehead atoms. The molecule has 0 spiro atoms. The van der Waals surface area contributed by atoms with Gasteiger partial charge in [-0.3, -0.25) is 4.79 Å². The van der Waals surface area contributed by atoms with Crippen molar-refractivity contribution in [3.63, 3.8) is 0 Å². The summed E-state index contributed by atoms with van der Waals surface area (Å²) in [5, 5.41) is 2.91. The number of halogens is 1. The first-order valence-corrected chi connectivity index (χ1v) is 10.3. The van der Waals surface area contributed by atoms with Gasteiger partial charge in [-0.05, 0) is 55.5 Å². The zero-order chi connectivity index (χ0) is 20.9. The van der Waals surface area contributed by atoms with Crippen molar-refractivity contribution in [2.75, 3.05) is 11.9 Å².